The molecule has 0 saturated heterocycles. The number of nitrogens with two attached hydrogens (primary N) is 1. The van der Waals surface area contributed by atoms with Crippen LogP contribution in [-0.4, -0.2) is 5.17 Å². The molecule has 3 N–H and O–H groups in total. The summed E-state index contributed by atoms with van der Waals surface area (Å²) in [5.74, 6) is -0.750. The van der Waals surface area contributed by atoms with E-state index in [1.165, 1.54) is 6.07 Å². The third kappa shape index (κ3) is 4.61. The van der Waals surface area contributed by atoms with E-state index in [9.17, 15) is 13.2 Å². The van der Waals surface area contributed by atoms with E-state index in [1.54, 1.807) is 0 Å². The van der Waals surface area contributed by atoms with Gasteiger partial charge < -0.3 is 10.2 Å². The summed E-state index contributed by atoms with van der Waals surface area (Å²) in [4.78, 5) is 0. The van der Waals surface area contributed by atoms with Gasteiger partial charge in [-0.25, -0.2) is 0 Å². The molecule has 3 nitrogen and oxygen atoms in total. The highest BCUT2D eigenvalue weighted by atomic mass is 79.9. The summed E-state index contributed by atoms with van der Waals surface area (Å²) in [5.41, 5.74) is 5.02. The van der Waals surface area contributed by atoms with E-state index >= 15 is 0 Å². The summed E-state index contributed by atoms with van der Waals surface area (Å²) in [6.07, 6.45) is -4.46. The Bertz CT molecular complexity index is 339. The van der Waals surface area contributed by atoms with Crippen LogP contribution in [0.25, 0.3) is 0 Å². The zero-order chi connectivity index (χ0) is 10.8. The predicted octanol–water partition coefficient (Wildman–Crippen LogP) is 3.00. The van der Waals surface area contributed by atoms with Crippen molar-refractivity contribution >= 4 is 33.9 Å². The summed E-state index contributed by atoms with van der Waals surface area (Å²) < 4.78 is 40.6. The van der Waals surface area contributed by atoms with E-state index in [0.717, 1.165) is 17.8 Å². The average molecular weight is 305 g/mol. The van der Waals surface area contributed by atoms with E-state index in [-0.39, 0.29) is 33.7 Å². The Hall–Kier alpha value is -0.630. The molecular formula is C7H8BrF3N2OS. The summed E-state index contributed by atoms with van der Waals surface area (Å²) in [5, 5.41) is 6.69. The lowest BCUT2D eigenvalue weighted by atomic mass is 10.4. The molecule has 1 aromatic rings. The minimum Gasteiger partial charge on any atom is -0.456 e. The molecule has 86 valence electrons. The van der Waals surface area contributed by atoms with Crippen LogP contribution >= 0.6 is 28.7 Å². The van der Waals surface area contributed by atoms with Crippen LogP contribution in [0.2, 0.25) is 0 Å². The summed E-state index contributed by atoms with van der Waals surface area (Å²) in [6, 6.07) is 2.08. The van der Waals surface area contributed by atoms with Crippen LogP contribution in [0.15, 0.2) is 16.5 Å². The lowest BCUT2D eigenvalue weighted by Crippen LogP contribution is -2.04. The molecule has 0 bridgehead atoms. The average Bonchev–Trinajstić information content (AvgIpc) is 2.47. The minimum atomic E-state index is -4.46. The standard InChI is InChI=1S/C7H7F3N2OS.BrH/c8-7(9,10)5-2-1-4(13-5)3-14-6(11)12;/h1-2H,3H2,(H3,11,12);1H. The summed E-state index contributed by atoms with van der Waals surface area (Å²) in [6.45, 7) is 0. The van der Waals surface area contributed by atoms with Crippen LogP contribution in [0.1, 0.15) is 11.5 Å². The molecule has 0 aromatic carbocycles. The van der Waals surface area contributed by atoms with E-state index in [2.05, 4.69) is 4.42 Å². The molecular weight excluding hydrogens is 297 g/mol. The van der Waals surface area contributed by atoms with Gasteiger partial charge in [0.1, 0.15) is 5.76 Å². The molecule has 0 aliphatic carbocycles. The number of thioether (sulfide) groups is 1. The van der Waals surface area contributed by atoms with Crippen molar-refractivity contribution in [3.63, 3.8) is 0 Å². The molecule has 0 atom stereocenters. The Morgan fingerprint density at radius 2 is 2.07 bits per heavy atom. The number of hydrogen-bond acceptors (Lipinski definition) is 3. The van der Waals surface area contributed by atoms with Gasteiger partial charge in [0.05, 0.1) is 5.75 Å². The van der Waals surface area contributed by atoms with Crippen LogP contribution in [0.3, 0.4) is 0 Å². The predicted molar refractivity (Wildman–Crippen MR) is 57.2 cm³/mol. The Labute approximate surface area is 98.5 Å². The first kappa shape index (κ1) is 14.4. The van der Waals surface area contributed by atoms with Crippen LogP contribution in [0.4, 0.5) is 13.2 Å². The Balaban J connectivity index is 0.00000196. The fourth-order valence-corrected chi connectivity index (χ4v) is 1.21. The highest BCUT2D eigenvalue weighted by Crippen LogP contribution is 2.31. The SMILES string of the molecule is Br.N=C(N)SCc1ccc(C(F)(F)F)o1. The van der Waals surface area contributed by atoms with Gasteiger partial charge in [0.25, 0.3) is 0 Å². The first-order valence-corrected chi connectivity index (χ1v) is 4.51. The second kappa shape index (κ2) is 5.45. The number of halogens is 4. The second-order valence-corrected chi connectivity index (χ2v) is 3.43. The largest absolute Gasteiger partial charge is 0.456 e. The number of furan rings is 1. The number of nitrogens with one attached hydrogen (secondary N) is 1. The quantitative estimate of drug-likeness (QED) is 0.652. The van der Waals surface area contributed by atoms with Crippen molar-refractivity contribution in [3.05, 3.63) is 23.7 Å². The smallest absolute Gasteiger partial charge is 0.449 e. The monoisotopic (exact) mass is 304 g/mol. The molecule has 0 aliphatic heterocycles. The lowest BCUT2D eigenvalue weighted by Gasteiger charge is -2.00. The Morgan fingerprint density at radius 1 is 1.47 bits per heavy atom. The molecule has 0 radical (unpaired) electrons. The van der Waals surface area contributed by atoms with Gasteiger partial charge in [0.2, 0.25) is 5.76 Å². The van der Waals surface area contributed by atoms with Gasteiger partial charge in [-0.15, -0.1) is 17.0 Å². The fraction of sp³-hybridized carbons (Fsp3) is 0.286. The first-order chi connectivity index (χ1) is 6.39. The van der Waals surface area contributed by atoms with Gasteiger partial charge >= 0.3 is 6.18 Å². The maximum absolute atomic E-state index is 12.0. The van der Waals surface area contributed by atoms with Crippen molar-refractivity contribution in [1.29, 1.82) is 5.41 Å². The Kier molecular flexibility index (Phi) is 5.22. The molecule has 1 rings (SSSR count). The van der Waals surface area contributed by atoms with Gasteiger partial charge in [0, 0.05) is 0 Å². The van der Waals surface area contributed by atoms with E-state index in [1.807, 2.05) is 0 Å². The van der Waals surface area contributed by atoms with Crippen LogP contribution in [0.5, 0.6) is 0 Å². The van der Waals surface area contributed by atoms with E-state index in [4.69, 9.17) is 11.1 Å². The molecule has 0 amide bonds. The molecule has 1 aromatic heterocycles. The number of hydrogen-bond donors (Lipinski definition) is 2. The molecule has 0 spiro atoms. The van der Waals surface area contributed by atoms with Crippen molar-refractivity contribution in [1.82, 2.24) is 0 Å². The minimum absolute atomic E-state index is 0. The van der Waals surface area contributed by atoms with Gasteiger partial charge in [-0.05, 0) is 12.1 Å². The van der Waals surface area contributed by atoms with Crippen molar-refractivity contribution < 1.29 is 17.6 Å². The van der Waals surface area contributed by atoms with Crippen LogP contribution < -0.4 is 5.73 Å². The number of alkyl halides is 3. The van der Waals surface area contributed by atoms with Crippen molar-refractivity contribution in [2.24, 2.45) is 5.73 Å². The lowest BCUT2D eigenvalue weighted by molar-refractivity contribution is -0.153. The first-order valence-electron chi connectivity index (χ1n) is 3.52. The zero-order valence-corrected chi connectivity index (χ0v) is 9.83. The molecule has 8 heteroatoms. The maximum Gasteiger partial charge on any atom is 0.449 e. The van der Waals surface area contributed by atoms with Crippen molar-refractivity contribution in [3.8, 4) is 0 Å². The second-order valence-electron chi connectivity index (χ2n) is 2.42. The van der Waals surface area contributed by atoms with Crippen LogP contribution in [0, 0.1) is 5.41 Å². The fourth-order valence-electron chi connectivity index (χ4n) is 0.757. The zero-order valence-electron chi connectivity index (χ0n) is 7.30. The van der Waals surface area contributed by atoms with Gasteiger partial charge in [0.15, 0.2) is 5.17 Å². The third-order valence-corrected chi connectivity index (χ3v) is 2.05. The highest BCUT2D eigenvalue weighted by molar-refractivity contribution is 8.93. The topological polar surface area (TPSA) is 63.0 Å². The van der Waals surface area contributed by atoms with Gasteiger partial charge in [-0.1, -0.05) is 11.8 Å². The summed E-state index contributed by atoms with van der Waals surface area (Å²) >= 11 is 0.908. The van der Waals surface area contributed by atoms with Crippen molar-refractivity contribution in [2.75, 3.05) is 0 Å². The molecule has 15 heavy (non-hydrogen) atoms. The highest BCUT2D eigenvalue weighted by Gasteiger charge is 2.34. The van der Waals surface area contributed by atoms with Crippen LogP contribution in [-0.2, 0) is 11.9 Å². The molecule has 1 heterocycles. The Morgan fingerprint density at radius 3 is 2.47 bits per heavy atom. The molecule has 0 unspecified atom stereocenters. The summed E-state index contributed by atoms with van der Waals surface area (Å²) in [7, 11) is 0. The number of rotatable bonds is 2. The van der Waals surface area contributed by atoms with E-state index < -0.39 is 11.9 Å². The van der Waals surface area contributed by atoms with Gasteiger partial charge in [-0.3, -0.25) is 5.41 Å². The maximum atomic E-state index is 12.0. The van der Waals surface area contributed by atoms with Gasteiger partial charge in [-0.2, -0.15) is 13.2 Å². The van der Waals surface area contributed by atoms with E-state index in [0.29, 0.717) is 0 Å². The molecule has 0 saturated carbocycles. The number of amidine groups is 1. The molecule has 0 aliphatic rings. The third-order valence-electron chi connectivity index (χ3n) is 1.31. The normalized spacial score (nSPS) is 10.9. The van der Waals surface area contributed by atoms with Crippen molar-refractivity contribution in [2.45, 2.75) is 11.9 Å². The molecule has 0 fully saturated rings.